The van der Waals surface area contributed by atoms with Crippen molar-refractivity contribution in [2.45, 2.75) is 45.7 Å². The average molecular weight is 221 g/mol. The molecule has 0 aliphatic rings. The monoisotopic (exact) mass is 221 g/mol. The number of hydrogen-bond donors (Lipinski definition) is 2. The molecule has 2 N–H and O–H groups in total. The minimum Gasteiger partial charge on any atom is -0.396 e. The molecule has 0 heterocycles. The topological polar surface area (TPSA) is 32.3 Å². The maximum absolute atomic E-state index is 8.83. The largest absolute Gasteiger partial charge is 0.396 e. The first-order chi connectivity index (χ1) is 7.61. The van der Waals surface area contributed by atoms with Crippen molar-refractivity contribution in [3.05, 3.63) is 35.4 Å². The van der Waals surface area contributed by atoms with Crippen LogP contribution in [0.25, 0.3) is 0 Å². The second kappa shape index (κ2) is 6.66. The molecule has 0 saturated heterocycles. The van der Waals surface area contributed by atoms with Crippen molar-refractivity contribution < 1.29 is 5.11 Å². The number of benzene rings is 1. The summed E-state index contributed by atoms with van der Waals surface area (Å²) in [6.45, 7) is 6.66. The van der Waals surface area contributed by atoms with Gasteiger partial charge in [-0.25, -0.2) is 0 Å². The fourth-order valence-electron chi connectivity index (χ4n) is 1.90. The zero-order valence-electron chi connectivity index (χ0n) is 10.5. The summed E-state index contributed by atoms with van der Waals surface area (Å²) in [5.41, 5.74) is 2.67. The first kappa shape index (κ1) is 13.2. The van der Waals surface area contributed by atoms with Gasteiger partial charge in [-0.3, -0.25) is 0 Å². The van der Waals surface area contributed by atoms with Crippen molar-refractivity contribution in [2.75, 3.05) is 6.61 Å². The van der Waals surface area contributed by atoms with Crippen molar-refractivity contribution in [1.82, 2.24) is 5.32 Å². The van der Waals surface area contributed by atoms with Crippen LogP contribution < -0.4 is 5.32 Å². The highest BCUT2D eigenvalue weighted by atomic mass is 16.3. The molecule has 0 amide bonds. The highest BCUT2D eigenvalue weighted by molar-refractivity contribution is 5.21. The van der Waals surface area contributed by atoms with Gasteiger partial charge in [0.1, 0.15) is 0 Å². The average Bonchev–Trinajstić information content (AvgIpc) is 2.21. The van der Waals surface area contributed by atoms with Gasteiger partial charge in [0.2, 0.25) is 0 Å². The molecule has 2 heteroatoms. The summed E-state index contributed by atoms with van der Waals surface area (Å²) in [5, 5.41) is 12.3. The quantitative estimate of drug-likeness (QED) is 0.772. The van der Waals surface area contributed by atoms with Crippen LogP contribution in [0.15, 0.2) is 24.3 Å². The van der Waals surface area contributed by atoms with Crippen LogP contribution in [0.1, 0.15) is 31.4 Å². The molecule has 1 aromatic rings. The zero-order chi connectivity index (χ0) is 12.0. The van der Waals surface area contributed by atoms with Crippen LogP contribution in [0, 0.1) is 6.92 Å². The van der Waals surface area contributed by atoms with E-state index < -0.39 is 0 Å². The van der Waals surface area contributed by atoms with Crippen LogP contribution in [0.2, 0.25) is 0 Å². The van der Waals surface area contributed by atoms with E-state index in [1.54, 1.807) is 0 Å². The maximum Gasteiger partial charge on any atom is 0.0445 e. The Hall–Kier alpha value is -0.860. The number of aryl methyl sites for hydroxylation is 1. The molecule has 2 nitrogen and oxygen atoms in total. The summed E-state index contributed by atoms with van der Waals surface area (Å²) in [6, 6.07) is 9.50. The molecule has 0 bridgehead atoms. The maximum atomic E-state index is 8.83. The standard InChI is InChI=1S/C14H23NO/c1-11-4-6-14(7-5-11)10-13(3)15-12(2)8-9-16/h4-7,12-13,15-16H,8-10H2,1-3H3/t12-,13?/m1/s1. The molecule has 0 spiro atoms. The minimum atomic E-state index is 0.255. The predicted octanol–water partition coefficient (Wildman–Crippen LogP) is 2.29. The molecule has 1 unspecified atom stereocenters. The number of aliphatic hydroxyl groups is 1. The predicted molar refractivity (Wildman–Crippen MR) is 68.6 cm³/mol. The molecule has 0 aliphatic heterocycles. The Morgan fingerprint density at radius 2 is 1.75 bits per heavy atom. The summed E-state index contributed by atoms with van der Waals surface area (Å²) in [6.07, 6.45) is 1.86. The lowest BCUT2D eigenvalue weighted by molar-refractivity contribution is 0.264. The Bertz CT molecular complexity index is 294. The van der Waals surface area contributed by atoms with E-state index in [2.05, 4.69) is 50.4 Å². The Morgan fingerprint density at radius 1 is 1.12 bits per heavy atom. The van der Waals surface area contributed by atoms with Gasteiger partial charge in [-0.05, 0) is 39.2 Å². The molecule has 0 fully saturated rings. The molecule has 1 aromatic carbocycles. The molecular formula is C14H23NO. The molecule has 16 heavy (non-hydrogen) atoms. The van der Waals surface area contributed by atoms with Gasteiger partial charge in [0, 0.05) is 18.7 Å². The van der Waals surface area contributed by atoms with E-state index >= 15 is 0 Å². The smallest absolute Gasteiger partial charge is 0.0445 e. The van der Waals surface area contributed by atoms with Crippen LogP contribution in [-0.2, 0) is 6.42 Å². The minimum absolute atomic E-state index is 0.255. The first-order valence-corrected chi connectivity index (χ1v) is 6.04. The Labute approximate surface area is 98.7 Å². The molecule has 1 rings (SSSR count). The van der Waals surface area contributed by atoms with Gasteiger partial charge < -0.3 is 10.4 Å². The van der Waals surface area contributed by atoms with Crippen LogP contribution in [-0.4, -0.2) is 23.8 Å². The van der Waals surface area contributed by atoms with E-state index in [0.29, 0.717) is 12.1 Å². The van der Waals surface area contributed by atoms with Gasteiger partial charge in [-0.1, -0.05) is 29.8 Å². The fourth-order valence-corrected chi connectivity index (χ4v) is 1.90. The Balaban J connectivity index is 2.39. The van der Waals surface area contributed by atoms with Gasteiger partial charge >= 0.3 is 0 Å². The molecule has 2 atom stereocenters. The third-order valence-corrected chi connectivity index (χ3v) is 2.79. The Kier molecular flexibility index (Phi) is 5.50. The molecule has 0 saturated carbocycles. The lowest BCUT2D eigenvalue weighted by Crippen LogP contribution is -2.36. The molecule has 0 radical (unpaired) electrons. The fraction of sp³-hybridized carbons (Fsp3) is 0.571. The number of rotatable bonds is 6. The number of aliphatic hydroxyl groups excluding tert-OH is 1. The van der Waals surface area contributed by atoms with Gasteiger partial charge in [-0.2, -0.15) is 0 Å². The van der Waals surface area contributed by atoms with E-state index in [1.165, 1.54) is 11.1 Å². The lowest BCUT2D eigenvalue weighted by atomic mass is 10.0. The van der Waals surface area contributed by atoms with Crippen molar-refractivity contribution in [3.63, 3.8) is 0 Å². The zero-order valence-corrected chi connectivity index (χ0v) is 10.5. The summed E-state index contributed by atoms with van der Waals surface area (Å²) in [5.74, 6) is 0. The highest BCUT2D eigenvalue weighted by Gasteiger charge is 2.07. The van der Waals surface area contributed by atoms with Crippen molar-refractivity contribution in [3.8, 4) is 0 Å². The van der Waals surface area contributed by atoms with E-state index in [4.69, 9.17) is 5.11 Å². The molecular weight excluding hydrogens is 198 g/mol. The van der Waals surface area contributed by atoms with Crippen LogP contribution >= 0.6 is 0 Å². The third kappa shape index (κ3) is 4.77. The van der Waals surface area contributed by atoms with Gasteiger partial charge in [0.05, 0.1) is 0 Å². The summed E-state index contributed by atoms with van der Waals surface area (Å²) in [7, 11) is 0. The van der Waals surface area contributed by atoms with Crippen molar-refractivity contribution >= 4 is 0 Å². The van der Waals surface area contributed by atoms with E-state index in [1.807, 2.05) is 0 Å². The van der Waals surface area contributed by atoms with Gasteiger partial charge in [0.15, 0.2) is 0 Å². The first-order valence-electron chi connectivity index (χ1n) is 6.04. The summed E-state index contributed by atoms with van der Waals surface area (Å²) < 4.78 is 0. The number of nitrogens with one attached hydrogen (secondary N) is 1. The third-order valence-electron chi connectivity index (χ3n) is 2.79. The summed E-state index contributed by atoms with van der Waals surface area (Å²) in [4.78, 5) is 0. The molecule has 0 aliphatic carbocycles. The second-order valence-corrected chi connectivity index (χ2v) is 4.67. The normalized spacial score (nSPS) is 14.8. The van der Waals surface area contributed by atoms with Crippen LogP contribution in [0.5, 0.6) is 0 Å². The SMILES string of the molecule is Cc1ccc(CC(C)N[C@H](C)CCO)cc1. The van der Waals surface area contributed by atoms with E-state index in [9.17, 15) is 0 Å². The van der Waals surface area contributed by atoms with Gasteiger partial charge in [-0.15, -0.1) is 0 Å². The van der Waals surface area contributed by atoms with E-state index in [-0.39, 0.29) is 6.61 Å². The Morgan fingerprint density at radius 3 is 2.31 bits per heavy atom. The molecule has 90 valence electrons. The summed E-state index contributed by atoms with van der Waals surface area (Å²) >= 11 is 0. The second-order valence-electron chi connectivity index (χ2n) is 4.67. The van der Waals surface area contributed by atoms with E-state index in [0.717, 1.165) is 12.8 Å². The number of hydrogen-bond acceptors (Lipinski definition) is 2. The van der Waals surface area contributed by atoms with Crippen molar-refractivity contribution in [2.24, 2.45) is 0 Å². The van der Waals surface area contributed by atoms with Crippen molar-refractivity contribution in [1.29, 1.82) is 0 Å². The highest BCUT2D eigenvalue weighted by Crippen LogP contribution is 2.06. The van der Waals surface area contributed by atoms with Crippen LogP contribution in [0.4, 0.5) is 0 Å². The van der Waals surface area contributed by atoms with Crippen LogP contribution in [0.3, 0.4) is 0 Å². The lowest BCUT2D eigenvalue weighted by Gasteiger charge is -2.19. The van der Waals surface area contributed by atoms with Gasteiger partial charge in [0.25, 0.3) is 0 Å². The molecule has 0 aromatic heterocycles.